The molecule has 0 aliphatic rings. The Morgan fingerprint density at radius 3 is 2.84 bits per heavy atom. The Morgan fingerprint density at radius 1 is 1.26 bits per heavy atom. The molecule has 0 fully saturated rings. The molecule has 0 radical (unpaired) electrons. The molecule has 1 amide bonds. The van der Waals surface area contributed by atoms with Gasteiger partial charge in [0, 0.05) is 12.2 Å². The first-order valence-electron chi connectivity index (χ1n) is 5.97. The Kier molecular flexibility index (Phi) is 4.72. The van der Waals surface area contributed by atoms with E-state index in [4.69, 9.17) is 14.9 Å². The lowest BCUT2D eigenvalue weighted by Crippen LogP contribution is -2.19. The highest BCUT2D eigenvalue weighted by Gasteiger charge is 2.06. The van der Waals surface area contributed by atoms with Crippen LogP contribution < -0.4 is 11.1 Å². The van der Waals surface area contributed by atoms with E-state index >= 15 is 0 Å². The molecule has 0 saturated heterocycles. The van der Waals surface area contributed by atoms with Crippen LogP contribution >= 0.6 is 0 Å². The number of ether oxygens (including phenoxy) is 1. The van der Waals surface area contributed by atoms with Gasteiger partial charge in [0.25, 0.3) is 0 Å². The van der Waals surface area contributed by atoms with Gasteiger partial charge in [0.1, 0.15) is 19.0 Å². The number of benzene rings is 1. The molecule has 1 aromatic heterocycles. The molecule has 5 nitrogen and oxygen atoms in total. The van der Waals surface area contributed by atoms with E-state index < -0.39 is 0 Å². The number of amides is 1. The number of para-hydroxylation sites is 1. The van der Waals surface area contributed by atoms with Crippen molar-refractivity contribution in [1.82, 2.24) is 0 Å². The Labute approximate surface area is 111 Å². The molecule has 5 heteroatoms. The minimum atomic E-state index is -0.215. The van der Waals surface area contributed by atoms with Gasteiger partial charge in [-0.05, 0) is 23.8 Å². The van der Waals surface area contributed by atoms with E-state index in [0.29, 0.717) is 12.3 Å². The molecule has 0 aliphatic heterocycles. The first kappa shape index (κ1) is 13.3. The zero-order chi connectivity index (χ0) is 13.5. The van der Waals surface area contributed by atoms with Crippen molar-refractivity contribution in [2.24, 2.45) is 5.73 Å². The van der Waals surface area contributed by atoms with E-state index in [1.165, 1.54) is 0 Å². The zero-order valence-corrected chi connectivity index (χ0v) is 10.5. The average molecular weight is 260 g/mol. The summed E-state index contributed by atoms with van der Waals surface area (Å²) in [5, 5.41) is 2.77. The average Bonchev–Trinajstić information content (AvgIpc) is 2.92. The van der Waals surface area contributed by atoms with Crippen LogP contribution in [0, 0.1) is 0 Å². The fourth-order valence-corrected chi connectivity index (χ4v) is 1.65. The molecule has 2 rings (SSSR count). The number of nitrogens with one attached hydrogen (secondary N) is 1. The summed E-state index contributed by atoms with van der Waals surface area (Å²) in [7, 11) is 0. The van der Waals surface area contributed by atoms with E-state index in [0.717, 1.165) is 11.3 Å². The van der Waals surface area contributed by atoms with E-state index in [1.807, 2.05) is 24.3 Å². The van der Waals surface area contributed by atoms with Crippen LogP contribution in [0.4, 0.5) is 5.69 Å². The van der Waals surface area contributed by atoms with E-state index in [2.05, 4.69) is 5.32 Å². The summed E-state index contributed by atoms with van der Waals surface area (Å²) in [6.07, 6.45) is 1.57. The third kappa shape index (κ3) is 3.94. The first-order valence-corrected chi connectivity index (χ1v) is 5.97. The minimum Gasteiger partial charge on any atom is -0.467 e. The summed E-state index contributed by atoms with van der Waals surface area (Å²) in [5.41, 5.74) is 7.21. The molecule has 2 aromatic rings. The van der Waals surface area contributed by atoms with E-state index in [9.17, 15) is 4.79 Å². The lowest BCUT2D eigenvalue weighted by atomic mass is 10.2. The molecule has 100 valence electrons. The third-order valence-corrected chi connectivity index (χ3v) is 2.57. The SMILES string of the molecule is NCc1ccccc1NC(=O)COCc1ccco1. The normalized spacial score (nSPS) is 10.4. The molecule has 1 aromatic carbocycles. The van der Waals surface area contributed by atoms with Crippen LogP contribution in [-0.4, -0.2) is 12.5 Å². The molecule has 0 aliphatic carbocycles. The van der Waals surface area contributed by atoms with Crippen molar-refractivity contribution in [2.45, 2.75) is 13.2 Å². The number of hydrogen-bond donors (Lipinski definition) is 2. The highest BCUT2D eigenvalue weighted by atomic mass is 16.5. The molecule has 0 atom stereocenters. The van der Waals surface area contributed by atoms with Crippen LogP contribution in [0.2, 0.25) is 0 Å². The van der Waals surface area contributed by atoms with Crippen LogP contribution in [0.3, 0.4) is 0 Å². The van der Waals surface area contributed by atoms with Crippen molar-refractivity contribution in [3.63, 3.8) is 0 Å². The maximum Gasteiger partial charge on any atom is 0.250 e. The van der Waals surface area contributed by atoms with Gasteiger partial charge in [-0.25, -0.2) is 0 Å². The lowest BCUT2D eigenvalue weighted by Gasteiger charge is -2.09. The van der Waals surface area contributed by atoms with Gasteiger partial charge < -0.3 is 20.2 Å². The lowest BCUT2D eigenvalue weighted by molar-refractivity contribution is -0.121. The second-order valence-electron chi connectivity index (χ2n) is 3.98. The maximum absolute atomic E-state index is 11.7. The standard InChI is InChI=1S/C14H16N2O3/c15-8-11-4-1-2-6-13(11)16-14(17)10-18-9-12-5-3-7-19-12/h1-7H,8-10,15H2,(H,16,17). The Hall–Kier alpha value is -2.11. The third-order valence-electron chi connectivity index (χ3n) is 2.57. The summed E-state index contributed by atoms with van der Waals surface area (Å²) in [6.45, 7) is 0.627. The van der Waals surface area contributed by atoms with Crippen LogP contribution in [0.5, 0.6) is 0 Å². The summed E-state index contributed by atoms with van der Waals surface area (Å²) in [5.74, 6) is 0.475. The van der Waals surface area contributed by atoms with Gasteiger partial charge in [-0.2, -0.15) is 0 Å². The molecular formula is C14H16N2O3. The minimum absolute atomic E-state index is 0.0282. The number of rotatable bonds is 6. The fourth-order valence-electron chi connectivity index (χ4n) is 1.65. The topological polar surface area (TPSA) is 77.5 Å². The predicted octanol–water partition coefficient (Wildman–Crippen LogP) is 1.89. The highest BCUT2D eigenvalue weighted by Crippen LogP contribution is 2.13. The van der Waals surface area contributed by atoms with Gasteiger partial charge in [0.15, 0.2) is 0 Å². The zero-order valence-electron chi connectivity index (χ0n) is 10.5. The van der Waals surface area contributed by atoms with Crippen molar-refractivity contribution in [3.05, 3.63) is 54.0 Å². The summed E-state index contributed by atoms with van der Waals surface area (Å²) < 4.78 is 10.3. The monoisotopic (exact) mass is 260 g/mol. The molecule has 0 unspecified atom stereocenters. The number of hydrogen-bond acceptors (Lipinski definition) is 4. The van der Waals surface area contributed by atoms with Gasteiger partial charge >= 0.3 is 0 Å². The highest BCUT2D eigenvalue weighted by molar-refractivity contribution is 5.92. The van der Waals surface area contributed by atoms with Gasteiger partial charge in [-0.3, -0.25) is 4.79 Å². The largest absolute Gasteiger partial charge is 0.467 e. The molecule has 1 heterocycles. The Bertz CT molecular complexity index is 523. The quantitative estimate of drug-likeness (QED) is 0.831. The van der Waals surface area contributed by atoms with Crippen molar-refractivity contribution >= 4 is 11.6 Å². The molecule has 19 heavy (non-hydrogen) atoms. The molecule has 3 N–H and O–H groups in total. The van der Waals surface area contributed by atoms with Crippen LogP contribution in [0.15, 0.2) is 47.1 Å². The molecule has 0 spiro atoms. The first-order chi connectivity index (χ1) is 9.29. The van der Waals surface area contributed by atoms with Crippen LogP contribution in [0.1, 0.15) is 11.3 Å². The number of nitrogens with two attached hydrogens (primary N) is 1. The van der Waals surface area contributed by atoms with Crippen LogP contribution in [0.25, 0.3) is 0 Å². The molecular weight excluding hydrogens is 244 g/mol. The van der Waals surface area contributed by atoms with Gasteiger partial charge in [-0.1, -0.05) is 18.2 Å². The number of furan rings is 1. The number of anilines is 1. The maximum atomic E-state index is 11.7. The fraction of sp³-hybridized carbons (Fsp3) is 0.214. The predicted molar refractivity (Wildman–Crippen MR) is 71.3 cm³/mol. The van der Waals surface area contributed by atoms with E-state index in [1.54, 1.807) is 18.4 Å². The second-order valence-corrected chi connectivity index (χ2v) is 3.98. The Balaban J connectivity index is 1.80. The summed E-state index contributed by atoms with van der Waals surface area (Å²) in [6, 6.07) is 11.0. The summed E-state index contributed by atoms with van der Waals surface area (Å²) in [4.78, 5) is 11.7. The smallest absolute Gasteiger partial charge is 0.250 e. The number of carbonyl (C=O) groups excluding carboxylic acids is 1. The van der Waals surface area contributed by atoms with Crippen molar-refractivity contribution < 1.29 is 13.9 Å². The van der Waals surface area contributed by atoms with E-state index in [-0.39, 0.29) is 19.1 Å². The molecule has 0 saturated carbocycles. The van der Waals surface area contributed by atoms with Crippen LogP contribution in [-0.2, 0) is 22.7 Å². The summed E-state index contributed by atoms with van der Waals surface area (Å²) >= 11 is 0. The second kappa shape index (κ2) is 6.72. The van der Waals surface area contributed by atoms with Gasteiger partial charge in [0.2, 0.25) is 5.91 Å². The number of carbonyl (C=O) groups is 1. The van der Waals surface area contributed by atoms with Crippen molar-refractivity contribution in [2.75, 3.05) is 11.9 Å². The van der Waals surface area contributed by atoms with Gasteiger partial charge in [-0.15, -0.1) is 0 Å². The van der Waals surface area contributed by atoms with Crippen molar-refractivity contribution in [3.8, 4) is 0 Å². The Morgan fingerprint density at radius 2 is 2.11 bits per heavy atom. The van der Waals surface area contributed by atoms with Gasteiger partial charge in [0.05, 0.1) is 6.26 Å². The van der Waals surface area contributed by atoms with Crippen molar-refractivity contribution in [1.29, 1.82) is 0 Å². The molecule has 0 bridgehead atoms.